The Morgan fingerprint density at radius 2 is 1.88 bits per heavy atom. The van der Waals surface area contributed by atoms with E-state index < -0.39 is 0 Å². The van der Waals surface area contributed by atoms with Gasteiger partial charge in [0.2, 0.25) is 0 Å². The van der Waals surface area contributed by atoms with Crippen LogP contribution in [0.15, 0.2) is 29.2 Å². The van der Waals surface area contributed by atoms with Crippen LogP contribution in [0.2, 0.25) is 0 Å². The van der Waals surface area contributed by atoms with Crippen molar-refractivity contribution < 1.29 is 4.79 Å². The van der Waals surface area contributed by atoms with E-state index in [2.05, 4.69) is 49.5 Å². The van der Waals surface area contributed by atoms with E-state index in [1.165, 1.54) is 10.5 Å². The van der Waals surface area contributed by atoms with Gasteiger partial charge in [-0.3, -0.25) is 0 Å². The zero-order valence-corrected chi connectivity index (χ0v) is 11.9. The molecule has 0 spiro atoms. The standard InChI is InChI=1S/C14H21NOS/c1-11(16)5-10-14(15(2)3)12-6-8-13(17-4)9-7-12/h6-9,14H,5,10H2,1-4H3. The molecule has 0 aromatic heterocycles. The lowest BCUT2D eigenvalue weighted by Gasteiger charge is -2.24. The van der Waals surface area contributed by atoms with Crippen molar-refractivity contribution in [2.24, 2.45) is 0 Å². The fourth-order valence-electron chi connectivity index (χ4n) is 1.89. The van der Waals surface area contributed by atoms with Gasteiger partial charge in [-0.2, -0.15) is 0 Å². The fraction of sp³-hybridized carbons (Fsp3) is 0.500. The maximum absolute atomic E-state index is 11.1. The molecule has 3 heteroatoms. The average molecular weight is 251 g/mol. The van der Waals surface area contributed by atoms with Crippen molar-refractivity contribution in [1.29, 1.82) is 0 Å². The van der Waals surface area contributed by atoms with Crippen molar-refractivity contribution in [3.05, 3.63) is 29.8 Å². The minimum atomic E-state index is 0.262. The van der Waals surface area contributed by atoms with Crippen LogP contribution in [0, 0.1) is 0 Å². The number of Topliss-reactive ketones (excluding diaryl/α,β-unsaturated/α-hetero) is 1. The van der Waals surface area contributed by atoms with Crippen LogP contribution in [0.25, 0.3) is 0 Å². The van der Waals surface area contributed by atoms with Gasteiger partial charge < -0.3 is 9.69 Å². The summed E-state index contributed by atoms with van der Waals surface area (Å²) in [6, 6.07) is 8.94. The first-order valence-electron chi connectivity index (χ1n) is 5.84. The van der Waals surface area contributed by atoms with Gasteiger partial charge >= 0.3 is 0 Å². The second-order valence-electron chi connectivity index (χ2n) is 4.49. The summed E-state index contributed by atoms with van der Waals surface area (Å²) in [6.45, 7) is 1.66. The number of ketones is 1. The van der Waals surface area contributed by atoms with E-state index in [9.17, 15) is 4.79 Å². The second kappa shape index (κ2) is 6.82. The number of hydrogen-bond acceptors (Lipinski definition) is 3. The number of rotatable bonds is 6. The van der Waals surface area contributed by atoms with Crippen LogP contribution >= 0.6 is 11.8 Å². The number of carbonyl (C=O) groups is 1. The summed E-state index contributed by atoms with van der Waals surface area (Å²) in [6.07, 6.45) is 3.61. The third-order valence-electron chi connectivity index (χ3n) is 2.89. The highest BCUT2D eigenvalue weighted by Gasteiger charge is 2.14. The smallest absolute Gasteiger partial charge is 0.129 e. The molecule has 1 rings (SSSR count). The Kier molecular flexibility index (Phi) is 5.72. The van der Waals surface area contributed by atoms with Gasteiger partial charge in [-0.1, -0.05) is 12.1 Å². The van der Waals surface area contributed by atoms with Crippen LogP contribution in [-0.2, 0) is 4.79 Å². The second-order valence-corrected chi connectivity index (χ2v) is 5.37. The van der Waals surface area contributed by atoms with E-state index in [1.807, 2.05) is 0 Å². The predicted molar refractivity (Wildman–Crippen MR) is 74.6 cm³/mol. The molecule has 1 aromatic rings. The Bertz CT molecular complexity index is 359. The first kappa shape index (κ1) is 14.3. The lowest BCUT2D eigenvalue weighted by molar-refractivity contribution is -0.117. The van der Waals surface area contributed by atoms with E-state index in [1.54, 1.807) is 18.7 Å². The predicted octanol–water partition coefficient (Wildman–Crippen LogP) is 3.38. The van der Waals surface area contributed by atoms with Crippen LogP contribution in [0.5, 0.6) is 0 Å². The van der Waals surface area contributed by atoms with Crippen molar-refractivity contribution in [1.82, 2.24) is 4.90 Å². The molecule has 1 aromatic carbocycles. The molecule has 0 saturated heterocycles. The van der Waals surface area contributed by atoms with Crippen LogP contribution in [0.3, 0.4) is 0 Å². The highest BCUT2D eigenvalue weighted by Crippen LogP contribution is 2.25. The fourth-order valence-corrected chi connectivity index (χ4v) is 2.30. The van der Waals surface area contributed by atoms with Gasteiger partial charge in [0.25, 0.3) is 0 Å². The minimum absolute atomic E-state index is 0.262. The van der Waals surface area contributed by atoms with E-state index in [4.69, 9.17) is 0 Å². The van der Waals surface area contributed by atoms with Gasteiger partial charge in [0.15, 0.2) is 0 Å². The molecule has 1 unspecified atom stereocenters. The van der Waals surface area contributed by atoms with Crippen molar-refractivity contribution in [2.75, 3.05) is 20.4 Å². The molecule has 0 aliphatic carbocycles. The quantitative estimate of drug-likeness (QED) is 0.723. The highest BCUT2D eigenvalue weighted by molar-refractivity contribution is 7.98. The third-order valence-corrected chi connectivity index (χ3v) is 3.64. The molecule has 0 heterocycles. The summed E-state index contributed by atoms with van der Waals surface area (Å²) in [5, 5.41) is 0. The van der Waals surface area contributed by atoms with Crippen molar-refractivity contribution in [3.8, 4) is 0 Å². The molecule has 0 fully saturated rings. The number of carbonyl (C=O) groups excluding carboxylic acids is 1. The molecule has 0 bridgehead atoms. The Morgan fingerprint density at radius 3 is 2.29 bits per heavy atom. The molecular formula is C14H21NOS. The Balaban J connectivity index is 2.78. The SMILES string of the molecule is CSc1ccc(C(CCC(C)=O)N(C)C)cc1. The van der Waals surface area contributed by atoms with Gasteiger partial charge in [0.05, 0.1) is 0 Å². The Morgan fingerprint density at radius 1 is 1.29 bits per heavy atom. The monoisotopic (exact) mass is 251 g/mol. The van der Waals surface area contributed by atoms with Gasteiger partial charge in [-0.15, -0.1) is 11.8 Å². The average Bonchev–Trinajstić information content (AvgIpc) is 2.29. The third kappa shape index (κ3) is 4.52. The minimum Gasteiger partial charge on any atom is -0.302 e. The van der Waals surface area contributed by atoms with E-state index in [-0.39, 0.29) is 5.78 Å². The molecule has 0 radical (unpaired) electrons. The molecular weight excluding hydrogens is 230 g/mol. The maximum Gasteiger partial charge on any atom is 0.129 e. The zero-order chi connectivity index (χ0) is 12.8. The van der Waals surface area contributed by atoms with Crippen LogP contribution in [0.4, 0.5) is 0 Å². The van der Waals surface area contributed by atoms with Crippen molar-refractivity contribution >= 4 is 17.5 Å². The molecule has 0 amide bonds. The lowest BCUT2D eigenvalue weighted by Crippen LogP contribution is -2.20. The lowest BCUT2D eigenvalue weighted by atomic mass is 10.00. The summed E-state index contributed by atoms with van der Waals surface area (Å²) < 4.78 is 0. The van der Waals surface area contributed by atoms with Gasteiger partial charge in [0.1, 0.15) is 5.78 Å². The van der Waals surface area contributed by atoms with Crippen LogP contribution < -0.4 is 0 Å². The summed E-state index contributed by atoms with van der Waals surface area (Å²) in [4.78, 5) is 14.5. The van der Waals surface area contributed by atoms with E-state index in [0.717, 1.165) is 6.42 Å². The summed E-state index contributed by atoms with van der Waals surface area (Å²) in [5.41, 5.74) is 1.29. The van der Waals surface area contributed by atoms with Crippen molar-refractivity contribution in [2.45, 2.75) is 30.7 Å². The number of thioether (sulfide) groups is 1. The van der Waals surface area contributed by atoms with Crippen LogP contribution in [0.1, 0.15) is 31.4 Å². The number of hydrogen-bond donors (Lipinski definition) is 0. The summed E-state index contributed by atoms with van der Waals surface area (Å²) in [7, 11) is 4.13. The summed E-state index contributed by atoms with van der Waals surface area (Å²) in [5.74, 6) is 0.262. The Labute approximate surface area is 108 Å². The maximum atomic E-state index is 11.1. The summed E-state index contributed by atoms with van der Waals surface area (Å²) >= 11 is 1.75. The number of nitrogens with zero attached hydrogens (tertiary/aromatic N) is 1. The molecule has 0 saturated carbocycles. The normalized spacial score (nSPS) is 12.8. The largest absolute Gasteiger partial charge is 0.302 e. The molecule has 0 aliphatic heterocycles. The van der Waals surface area contributed by atoms with E-state index in [0.29, 0.717) is 12.5 Å². The zero-order valence-electron chi connectivity index (χ0n) is 11.1. The molecule has 0 N–H and O–H groups in total. The Hall–Kier alpha value is -0.800. The topological polar surface area (TPSA) is 20.3 Å². The van der Waals surface area contributed by atoms with E-state index >= 15 is 0 Å². The molecule has 0 aliphatic rings. The highest BCUT2D eigenvalue weighted by atomic mass is 32.2. The van der Waals surface area contributed by atoms with Crippen LogP contribution in [-0.4, -0.2) is 31.0 Å². The first-order valence-corrected chi connectivity index (χ1v) is 7.07. The van der Waals surface area contributed by atoms with Gasteiger partial charge in [0, 0.05) is 17.4 Å². The van der Waals surface area contributed by atoms with Gasteiger partial charge in [-0.05, 0) is 51.4 Å². The first-order chi connectivity index (χ1) is 8.04. The molecule has 94 valence electrons. The molecule has 17 heavy (non-hydrogen) atoms. The number of benzene rings is 1. The molecule has 1 atom stereocenters. The van der Waals surface area contributed by atoms with Crippen molar-refractivity contribution in [3.63, 3.8) is 0 Å². The molecule has 2 nitrogen and oxygen atoms in total. The van der Waals surface area contributed by atoms with Gasteiger partial charge in [-0.25, -0.2) is 0 Å².